The average Bonchev–Trinajstić information content (AvgIpc) is 2.45. The summed E-state index contributed by atoms with van der Waals surface area (Å²) in [5.41, 5.74) is 5.28. The van der Waals surface area contributed by atoms with Gasteiger partial charge in [-0.2, -0.15) is 0 Å². The van der Waals surface area contributed by atoms with Gasteiger partial charge in [-0.05, 0) is 38.0 Å². The Labute approximate surface area is 123 Å². The largest absolute Gasteiger partial charge is 0.393 e. The molecule has 1 aromatic heterocycles. The Kier molecular flexibility index (Phi) is 5.06. The van der Waals surface area contributed by atoms with Crippen LogP contribution in [-0.4, -0.2) is 27.3 Å². The molecule has 1 fully saturated rings. The molecule has 21 heavy (non-hydrogen) atoms. The summed E-state index contributed by atoms with van der Waals surface area (Å²) < 4.78 is 1.38. The fourth-order valence-corrected chi connectivity index (χ4v) is 2.80. The molecule has 7 heteroatoms. The van der Waals surface area contributed by atoms with Crippen LogP contribution in [0.3, 0.4) is 0 Å². The van der Waals surface area contributed by atoms with Crippen molar-refractivity contribution in [1.82, 2.24) is 9.55 Å². The smallest absolute Gasteiger partial charge is 0.330 e. The zero-order valence-electron chi connectivity index (χ0n) is 12.4. The van der Waals surface area contributed by atoms with Gasteiger partial charge in [0.25, 0.3) is 5.56 Å². The van der Waals surface area contributed by atoms with E-state index in [1.807, 2.05) is 6.92 Å². The highest BCUT2D eigenvalue weighted by atomic mass is 16.3. The Bertz CT molecular complexity index is 585. The number of aliphatic hydroxyl groups excluding tert-OH is 1. The van der Waals surface area contributed by atoms with Crippen molar-refractivity contribution in [1.29, 1.82) is 0 Å². The van der Waals surface area contributed by atoms with Crippen LogP contribution < -0.4 is 22.3 Å². The lowest BCUT2D eigenvalue weighted by Crippen LogP contribution is -2.35. The third kappa shape index (κ3) is 3.66. The van der Waals surface area contributed by atoms with Crippen molar-refractivity contribution in [3.63, 3.8) is 0 Å². The fourth-order valence-electron chi connectivity index (χ4n) is 2.80. The molecule has 0 atom stereocenters. The van der Waals surface area contributed by atoms with Crippen LogP contribution in [-0.2, 0) is 6.54 Å². The summed E-state index contributed by atoms with van der Waals surface area (Å²) in [6.45, 7) is 3.05. The minimum atomic E-state index is -0.472. The second-order valence-electron chi connectivity index (χ2n) is 5.73. The van der Waals surface area contributed by atoms with Gasteiger partial charge in [0.1, 0.15) is 11.5 Å². The van der Waals surface area contributed by atoms with Crippen LogP contribution >= 0.6 is 0 Å². The van der Waals surface area contributed by atoms with Gasteiger partial charge in [0, 0.05) is 13.1 Å². The van der Waals surface area contributed by atoms with Gasteiger partial charge in [-0.1, -0.05) is 6.92 Å². The van der Waals surface area contributed by atoms with E-state index in [0.717, 1.165) is 32.1 Å². The van der Waals surface area contributed by atoms with E-state index in [4.69, 9.17) is 5.73 Å². The van der Waals surface area contributed by atoms with Crippen LogP contribution in [0.1, 0.15) is 39.0 Å². The van der Waals surface area contributed by atoms with Gasteiger partial charge in [0.15, 0.2) is 0 Å². The standard InChI is InChI=1S/C14H24N4O3/c1-2-7-18-12(15)11(13(20)17-14(18)21)16-8-9-3-5-10(19)6-4-9/h9-10,16,19H,2-8,15H2,1H3,(H,17,20,21). The molecule has 1 aliphatic carbocycles. The number of H-pyrrole nitrogens is 1. The summed E-state index contributed by atoms with van der Waals surface area (Å²) in [4.78, 5) is 25.9. The highest BCUT2D eigenvalue weighted by molar-refractivity contribution is 5.60. The zero-order chi connectivity index (χ0) is 15.4. The van der Waals surface area contributed by atoms with Gasteiger partial charge < -0.3 is 16.2 Å². The van der Waals surface area contributed by atoms with Crippen LogP contribution in [0.2, 0.25) is 0 Å². The number of hydrogen-bond donors (Lipinski definition) is 4. The first-order chi connectivity index (χ1) is 10.0. The van der Waals surface area contributed by atoms with Gasteiger partial charge in [-0.25, -0.2) is 4.79 Å². The zero-order valence-corrected chi connectivity index (χ0v) is 12.4. The molecule has 7 nitrogen and oxygen atoms in total. The molecule has 1 saturated carbocycles. The third-order valence-corrected chi connectivity index (χ3v) is 4.07. The van der Waals surface area contributed by atoms with Gasteiger partial charge >= 0.3 is 5.69 Å². The predicted octanol–water partition coefficient (Wildman–Crippen LogP) is 0.492. The number of aromatic nitrogens is 2. The van der Waals surface area contributed by atoms with Crippen LogP contribution in [0.25, 0.3) is 0 Å². The number of anilines is 2. The summed E-state index contributed by atoms with van der Waals surface area (Å²) in [5, 5.41) is 12.6. The first kappa shape index (κ1) is 15.6. The van der Waals surface area contributed by atoms with Crippen molar-refractivity contribution >= 4 is 11.5 Å². The van der Waals surface area contributed by atoms with Gasteiger partial charge in [-0.15, -0.1) is 0 Å². The number of nitrogens with one attached hydrogen (secondary N) is 2. The second kappa shape index (κ2) is 6.80. The molecule has 2 rings (SSSR count). The van der Waals surface area contributed by atoms with Crippen molar-refractivity contribution in [2.45, 2.75) is 51.7 Å². The number of nitrogens with two attached hydrogens (primary N) is 1. The van der Waals surface area contributed by atoms with Gasteiger partial charge in [0.05, 0.1) is 6.10 Å². The number of nitrogen functional groups attached to an aromatic ring is 1. The first-order valence-electron chi connectivity index (χ1n) is 7.57. The summed E-state index contributed by atoms with van der Waals surface area (Å²) in [7, 11) is 0. The number of nitrogens with zero attached hydrogens (tertiary/aromatic N) is 1. The molecule has 0 unspecified atom stereocenters. The molecule has 0 spiro atoms. The van der Waals surface area contributed by atoms with E-state index in [0.29, 0.717) is 19.0 Å². The van der Waals surface area contributed by atoms with E-state index in [-0.39, 0.29) is 17.6 Å². The molecular formula is C14H24N4O3. The monoisotopic (exact) mass is 296 g/mol. The van der Waals surface area contributed by atoms with Crippen molar-refractivity contribution in [2.24, 2.45) is 5.92 Å². The SMILES string of the molecule is CCCn1c(N)c(NCC2CCC(O)CC2)c(=O)[nH]c1=O. The number of rotatable bonds is 5. The van der Waals surface area contributed by atoms with E-state index in [1.54, 1.807) is 0 Å². The quantitative estimate of drug-likeness (QED) is 0.631. The van der Waals surface area contributed by atoms with Crippen LogP contribution in [0.4, 0.5) is 11.5 Å². The Morgan fingerprint density at radius 2 is 2.00 bits per heavy atom. The topological polar surface area (TPSA) is 113 Å². The van der Waals surface area contributed by atoms with Crippen molar-refractivity contribution in [3.05, 3.63) is 20.8 Å². The molecule has 0 amide bonds. The predicted molar refractivity (Wildman–Crippen MR) is 82.5 cm³/mol. The van der Waals surface area contributed by atoms with Crippen LogP contribution in [0.5, 0.6) is 0 Å². The maximum absolute atomic E-state index is 11.9. The van der Waals surface area contributed by atoms with Crippen molar-refractivity contribution in [3.8, 4) is 0 Å². The van der Waals surface area contributed by atoms with E-state index in [2.05, 4.69) is 10.3 Å². The lowest BCUT2D eigenvalue weighted by molar-refractivity contribution is 0.111. The first-order valence-corrected chi connectivity index (χ1v) is 7.57. The normalized spacial score (nSPS) is 22.2. The number of hydrogen-bond acceptors (Lipinski definition) is 5. The Morgan fingerprint density at radius 1 is 1.33 bits per heavy atom. The Morgan fingerprint density at radius 3 is 2.62 bits per heavy atom. The molecule has 1 aromatic rings. The molecule has 1 heterocycles. The van der Waals surface area contributed by atoms with Crippen LogP contribution in [0, 0.1) is 5.92 Å². The van der Waals surface area contributed by atoms with E-state index in [1.165, 1.54) is 4.57 Å². The summed E-state index contributed by atoms with van der Waals surface area (Å²) in [6, 6.07) is 0. The molecule has 1 aliphatic rings. The third-order valence-electron chi connectivity index (χ3n) is 4.07. The van der Waals surface area contributed by atoms with E-state index in [9.17, 15) is 14.7 Å². The molecule has 0 aromatic carbocycles. The van der Waals surface area contributed by atoms with Crippen LogP contribution in [0.15, 0.2) is 9.59 Å². The summed E-state index contributed by atoms with van der Waals surface area (Å²) in [6.07, 6.45) is 4.03. The highest BCUT2D eigenvalue weighted by Gasteiger charge is 2.20. The number of aromatic amines is 1. The maximum Gasteiger partial charge on any atom is 0.330 e. The molecule has 0 bridgehead atoms. The molecule has 118 valence electrons. The molecule has 5 N–H and O–H groups in total. The minimum Gasteiger partial charge on any atom is -0.393 e. The molecule has 0 radical (unpaired) electrons. The molecule has 0 saturated heterocycles. The maximum atomic E-state index is 11.9. The second-order valence-corrected chi connectivity index (χ2v) is 5.73. The molecule has 0 aliphatic heterocycles. The van der Waals surface area contributed by atoms with Crippen molar-refractivity contribution in [2.75, 3.05) is 17.6 Å². The number of aliphatic hydroxyl groups is 1. The lowest BCUT2D eigenvalue weighted by Gasteiger charge is -2.26. The average molecular weight is 296 g/mol. The van der Waals surface area contributed by atoms with E-state index < -0.39 is 11.2 Å². The fraction of sp³-hybridized carbons (Fsp3) is 0.714. The Hall–Kier alpha value is -1.76. The minimum absolute atomic E-state index is 0.193. The van der Waals surface area contributed by atoms with Crippen molar-refractivity contribution < 1.29 is 5.11 Å². The van der Waals surface area contributed by atoms with Gasteiger partial charge in [-0.3, -0.25) is 14.3 Å². The highest BCUT2D eigenvalue weighted by Crippen LogP contribution is 2.24. The molecular weight excluding hydrogens is 272 g/mol. The summed E-state index contributed by atoms with van der Waals surface area (Å²) >= 11 is 0. The lowest BCUT2D eigenvalue weighted by atomic mass is 9.87. The Balaban J connectivity index is 2.11. The summed E-state index contributed by atoms with van der Waals surface area (Å²) in [5.74, 6) is 0.611. The van der Waals surface area contributed by atoms with Gasteiger partial charge in [0.2, 0.25) is 0 Å². The van der Waals surface area contributed by atoms with E-state index >= 15 is 0 Å².